The Balaban J connectivity index is 2.07. The molecule has 2 rings (SSSR count). The van der Waals surface area contributed by atoms with E-state index in [-0.39, 0.29) is 23.7 Å². The van der Waals surface area contributed by atoms with E-state index in [9.17, 15) is 19.1 Å². The molecule has 3 atom stereocenters. The molecule has 1 aliphatic rings. The van der Waals surface area contributed by atoms with Crippen LogP contribution in [0.5, 0.6) is 0 Å². The quantitative estimate of drug-likeness (QED) is 0.930. The fourth-order valence-electron chi connectivity index (χ4n) is 3.15. The summed E-state index contributed by atoms with van der Waals surface area (Å²) >= 11 is 0. The van der Waals surface area contributed by atoms with Crippen molar-refractivity contribution in [2.45, 2.75) is 39.2 Å². The van der Waals surface area contributed by atoms with Gasteiger partial charge in [0.2, 0.25) is 5.91 Å². The van der Waals surface area contributed by atoms with E-state index in [1.165, 1.54) is 6.07 Å². The van der Waals surface area contributed by atoms with E-state index < -0.39 is 11.9 Å². The third-order valence-electron chi connectivity index (χ3n) is 4.49. The maximum absolute atomic E-state index is 13.7. The summed E-state index contributed by atoms with van der Waals surface area (Å²) in [5, 5.41) is 9.23. The molecule has 0 bridgehead atoms. The number of carboxylic acids is 1. The van der Waals surface area contributed by atoms with Crippen molar-refractivity contribution < 1.29 is 19.1 Å². The Hall–Kier alpha value is -1.91. The van der Waals surface area contributed by atoms with E-state index in [0.717, 1.165) is 0 Å². The number of rotatable bonds is 4. The summed E-state index contributed by atoms with van der Waals surface area (Å²) in [6.45, 7) is 4.13. The second-order valence-corrected chi connectivity index (χ2v) is 6.06. The number of likely N-dealkylation sites (tertiary alicyclic amines) is 1. The Labute approximate surface area is 129 Å². The Morgan fingerprint density at radius 2 is 2.09 bits per heavy atom. The molecule has 1 heterocycles. The molecule has 1 N–H and O–H groups in total. The summed E-state index contributed by atoms with van der Waals surface area (Å²) in [6, 6.07) is 6.12. The standard InChI is InChI=1S/C17H22FNO3/c1-11(10-13-6-3-4-8-15(13)18)16(20)19-9-5-7-14(12(19)2)17(21)22/h3-4,6,8,11-12,14H,5,7,9-10H2,1-2H3,(H,21,22)/t11?,12-,14-/m0/s1. The Kier molecular flexibility index (Phi) is 5.16. The molecule has 0 aromatic heterocycles. The first-order valence-corrected chi connectivity index (χ1v) is 7.68. The molecule has 0 saturated carbocycles. The number of hydrogen-bond acceptors (Lipinski definition) is 2. The van der Waals surface area contributed by atoms with E-state index in [2.05, 4.69) is 0 Å². The first kappa shape index (κ1) is 16.5. The van der Waals surface area contributed by atoms with Gasteiger partial charge < -0.3 is 10.0 Å². The lowest BCUT2D eigenvalue weighted by Crippen LogP contribution is -2.50. The van der Waals surface area contributed by atoms with Crippen molar-refractivity contribution in [3.8, 4) is 0 Å². The largest absolute Gasteiger partial charge is 0.481 e. The second-order valence-electron chi connectivity index (χ2n) is 6.06. The average molecular weight is 307 g/mol. The molecule has 0 aliphatic carbocycles. The van der Waals surface area contributed by atoms with Crippen LogP contribution in [0.3, 0.4) is 0 Å². The van der Waals surface area contributed by atoms with Crippen molar-refractivity contribution in [2.75, 3.05) is 6.54 Å². The fraction of sp³-hybridized carbons (Fsp3) is 0.529. The fourth-order valence-corrected chi connectivity index (χ4v) is 3.15. The molecule has 1 unspecified atom stereocenters. The number of carbonyl (C=O) groups excluding carboxylic acids is 1. The van der Waals surface area contributed by atoms with Crippen molar-refractivity contribution in [3.63, 3.8) is 0 Å². The first-order valence-electron chi connectivity index (χ1n) is 7.68. The summed E-state index contributed by atoms with van der Waals surface area (Å²) in [5.41, 5.74) is 0.516. The maximum Gasteiger partial charge on any atom is 0.308 e. The SMILES string of the molecule is CC(Cc1ccccc1F)C(=O)N1CCC[C@H](C(=O)O)[C@@H]1C. The lowest BCUT2D eigenvalue weighted by atomic mass is 9.88. The summed E-state index contributed by atoms with van der Waals surface area (Å²) in [5.74, 6) is -2.14. The Bertz CT molecular complexity index is 561. The van der Waals surface area contributed by atoms with Crippen LogP contribution in [0.15, 0.2) is 24.3 Å². The number of piperidine rings is 1. The highest BCUT2D eigenvalue weighted by molar-refractivity contribution is 5.80. The van der Waals surface area contributed by atoms with Gasteiger partial charge in [0.25, 0.3) is 0 Å². The third-order valence-corrected chi connectivity index (χ3v) is 4.49. The molecule has 0 spiro atoms. The van der Waals surface area contributed by atoms with Gasteiger partial charge in [-0.15, -0.1) is 0 Å². The number of carboxylic acid groups (broad SMARTS) is 1. The number of halogens is 1. The number of carbonyl (C=O) groups is 2. The normalized spacial score (nSPS) is 23.1. The van der Waals surface area contributed by atoms with E-state index in [1.54, 1.807) is 36.9 Å². The zero-order valence-corrected chi connectivity index (χ0v) is 13.0. The predicted octanol–water partition coefficient (Wildman–Crippen LogP) is 2.72. The zero-order valence-electron chi connectivity index (χ0n) is 13.0. The van der Waals surface area contributed by atoms with Gasteiger partial charge in [-0.25, -0.2) is 4.39 Å². The van der Waals surface area contributed by atoms with Gasteiger partial charge in [-0.3, -0.25) is 9.59 Å². The lowest BCUT2D eigenvalue weighted by molar-refractivity contribution is -0.150. The minimum atomic E-state index is -0.855. The van der Waals surface area contributed by atoms with Crippen LogP contribution in [0.2, 0.25) is 0 Å². The highest BCUT2D eigenvalue weighted by Gasteiger charge is 2.36. The summed E-state index contributed by atoms with van der Waals surface area (Å²) in [7, 11) is 0. The van der Waals surface area contributed by atoms with E-state index in [0.29, 0.717) is 31.4 Å². The molecule has 5 heteroatoms. The zero-order chi connectivity index (χ0) is 16.3. The van der Waals surface area contributed by atoms with Crippen LogP contribution >= 0.6 is 0 Å². The number of benzene rings is 1. The van der Waals surface area contributed by atoms with E-state index >= 15 is 0 Å². The van der Waals surface area contributed by atoms with Crippen LogP contribution < -0.4 is 0 Å². The molecule has 22 heavy (non-hydrogen) atoms. The van der Waals surface area contributed by atoms with Crippen LogP contribution in [0.4, 0.5) is 4.39 Å². The molecule has 4 nitrogen and oxygen atoms in total. The molecule has 1 aliphatic heterocycles. The lowest BCUT2D eigenvalue weighted by Gasteiger charge is -2.39. The topological polar surface area (TPSA) is 57.6 Å². The molecule has 1 aromatic carbocycles. The van der Waals surface area contributed by atoms with Crippen LogP contribution in [0, 0.1) is 17.7 Å². The van der Waals surface area contributed by atoms with Crippen LogP contribution in [-0.2, 0) is 16.0 Å². The van der Waals surface area contributed by atoms with Gasteiger partial charge in [0.05, 0.1) is 5.92 Å². The molecular formula is C17H22FNO3. The van der Waals surface area contributed by atoms with Gasteiger partial charge >= 0.3 is 5.97 Å². The summed E-state index contributed by atoms with van der Waals surface area (Å²) < 4.78 is 13.7. The van der Waals surface area contributed by atoms with Gasteiger partial charge in [-0.1, -0.05) is 25.1 Å². The van der Waals surface area contributed by atoms with Crippen molar-refractivity contribution in [2.24, 2.45) is 11.8 Å². The highest BCUT2D eigenvalue weighted by atomic mass is 19.1. The Morgan fingerprint density at radius 1 is 1.41 bits per heavy atom. The number of nitrogens with zero attached hydrogens (tertiary/aromatic N) is 1. The minimum absolute atomic E-state index is 0.0956. The molecule has 1 aromatic rings. The van der Waals surface area contributed by atoms with E-state index in [1.807, 2.05) is 0 Å². The number of aliphatic carboxylic acids is 1. The summed E-state index contributed by atoms with van der Waals surface area (Å²) in [4.78, 5) is 25.5. The third kappa shape index (κ3) is 3.46. The molecule has 120 valence electrons. The van der Waals surface area contributed by atoms with Crippen molar-refractivity contribution >= 4 is 11.9 Å². The van der Waals surface area contributed by atoms with Crippen LogP contribution in [0.1, 0.15) is 32.3 Å². The number of amides is 1. The van der Waals surface area contributed by atoms with Gasteiger partial charge in [-0.05, 0) is 37.8 Å². The Morgan fingerprint density at radius 3 is 2.73 bits per heavy atom. The second kappa shape index (κ2) is 6.90. The highest BCUT2D eigenvalue weighted by Crippen LogP contribution is 2.26. The molecule has 1 saturated heterocycles. The molecular weight excluding hydrogens is 285 g/mol. The predicted molar refractivity (Wildman–Crippen MR) is 80.8 cm³/mol. The van der Waals surface area contributed by atoms with Crippen molar-refractivity contribution in [1.29, 1.82) is 0 Å². The van der Waals surface area contributed by atoms with Gasteiger partial charge in [0.15, 0.2) is 0 Å². The van der Waals surface area contributed by atoms with Crippen molar-refractivity contribution in [1.82, 2.24) is 4.90 Å². The van der Waals surface area contributed by atoms with Gasteiger partial charge in [0.1, 0.15) is 5.82 Å². The number of hydrogen-bond donors (Lipinski definition) is 1. The first-order chi connectivity index (χ1) is 10.4. The average Bonchev–Trinajstić information content (AvgIpc) is 2.48. The molecule has 0 radical (unpaired) electrons. The van der Waals surface area contributed by atoms with Gasteiger partial charge in [-0.2, -0.15) is 0 Å². The maximum atomic E-state index is 13.7. The van der Waals surface area contributed by atoms with Crippen LogP contribution in [0.25, 0.3) is 0 Å². The molecule has 1 amide bonds. The summed E-state index contributed by atoms with van der Waals surface area (Å²) in [6.07, 6.45) is 1.62. The van der Waals surface area contributed by atoms with Gasteiger partial charge in [0, 0.05) is 18.5 Å². The smallest absolute Gasteiger partial charge is 0.308 e. The molecule has 1 fully saturated rings. The monoisotopic (exact) mass is 307 g/mol. The van der Waals surface area contributed by atoms with Crippen molar-refractivity contribution in [3.05, 3.63) is 35.6 Å². The minimum Gasteiger partial charge on any atom is -0.481 e. The van der Waals surface area contributed by atoms with E-state index in [4.69, 9.17) is 0 Å². The van der Waals surface area contributed by atoms with Crippen LogP contribution in [-0.4, -0.2) is 34.5 Å².